The fourth-order valence-corrected chi connectivity index (χ4v) is 2.61. The van der Waals surface area contributed by atoms with Gasteiger partial charge in [0.2, 0.25) is 0 Å². The lowest BCUT2D eigenvalue weighted by molar-refractivity contribution is 0.299. The maximum atomic E-state index is 10.2. The summed E-state index contributed by atoms with van der Waals surface area (Å²) >= 11 is 0. The average Bonchev–Trinajstić information content (AvgIpc) is 2.76. The van der Waals surface area contributed by atoms with Crippen molar-refractivity contribution in [3.05, 3.63) is 33.4 Å². The van der Waals surface area contributed by atoms with E-state index in [4.69, 9.17) is 5.11 Å². The SMILES string of the molecule is Cc1c(O)c2c(c(C)c1CCO)C=C(CO)C2. The van der Waals surface area contributed by atoms with Gasteiger partial charge in [0.25, 0.3) is 0 Å². The van der Waals surface area contributed by atoms with Crippen molar-refractivity contribution in [2.24, 2.45) is 0 Å². The molecular formula is C14H18O3. The summed E-state index contributed by atoms with van der Waals surface area (Å²) in [6, 6.07) is 0. The Labute approximate surface area is 101 Å². The molecule has 0 spiro atoms. The monoisotopic (exact) mass is 234 g/mol. The normalized spacial score (nSPS) is 13.8. The maximum Gasteiger partial charge on any atom is 0.122 e. The Hall–Kier alpha value is -1.32. The maximum absolute atomic E-state index is 10.2. The van der Waals surface area contributed by atoms with Gasteiger partial charge in [0.15, 0.2) is 0 Å². The van der Waals surface area contributed by atoms with Crippen LogP contribution in [0.1, 0.15) is 27.8 Å². The lowest BCUT2D eigenvalue weighted by Crippen LogP contribution is -2.02. The second kappa shape index (κ2) is 4.51. The molecule has 92 valence electrons. The molecule has 0 heterocycles. The minimum absolute atomic E-state index is 0.0297. The molecule has 2 rings (SSSR count). The van der Waals surface area contributed by atoms with Gasteiger partial charge in [0.1, 0.15) is 5.75 Å². The number of aliphatic hydroxyl groups is 2. The molecule has 3 N–H and O–H groups in total. The van der Waals surface area contributed by atoms with Crippen LogP contribution in [-0.4, -0.2) is 28.5 Å². The minimum Gasteiger partial charge on any atom is -0.507 e. The molecule has 1 aromatic rings. The Morgan fingerprint density at radius 1 is 1.18 bits per heavy atom. The number of phenolic OH excluding ortho intramolecular Hbond substituents is 1. The van der Waals surface area contributed by atoms with Gasteiger partial charge in [-0.25, -0.2) is 0 Å². The van der Waals surface area contributed by atoms with Gasteiger partial charge in [-0.15, -0.1) is 0 Å². The topological polar surface area (TPSA) is 60.7 Å². The molecule has 3 nitrogen and oxygen atoms in total. The van der Waals surface area contributed by atoms with Crippen molar-refractivity contribution in [2.75, 3.05) is 13.2 Å². The second-order valence-corrected chi connectivity index (χ2v) is 4.58. The molecular weight excluding hydrogens is 216 g/mol. The molecule has 0 aromatic heterocycles. The molecule has 0 fully saturated rings. The zero-order valence-electron chi connectivity index (χ0n) is 10.2. The van der Waals surface area contributed by atoms with Gasteiger partial charge in [-0.2, -0.15) is 0 Å². The molecule has 0 aliphatic heterocycles. The molecule has 0 saturated carbocycles. The zero-order valence-corrected chi connectivity index (χ0v) is 10.2. The van der Waals surface area contributed by atoms with Crippen LogP contribution in [0.15, 0.2) is 5.57 Å². The lowest BCUT2D eigenvalue weighted by Gasteiger charge is -2.16. The van der Waals surface area contributed by atoms with Gasteiger partial charge in [-0.05, 0) is 48.1 Å². The van der Waals surface area contributed by atoms with Gasteiger partial charge >= 0.3 is 0 Å². The molecule has 0 saturated heterocycles. The first kappa shape index (κ1) is 12.1. The number of phenols is 1. The van der Waals surface area contributed by atoms with Crippen molar-refractivity contribution in [2.45, 2.75) is 26.7 Å². The lowest BCUT2D eigenvalue weighted by atomic mass is 9.91. The van der Waals surface area contributed by atoms with Gasteiger partial charge in [0, 0.05) is 18.6 Å². The van der Waals surface area contributed by atoms with Crippen LogP contribution in [0.3, 0.4) is 0 Å². The van der Waals surface area contributed by atoms with E-state index < -0.39 is 0 Å². The molecule has 0 atom stereocenters. The summed E-state index contributed by atoms with van der Waals surface area (Å²) in [5.74, 6) is 0.314. The highest BCUT2D eigenvalue weighted by Crippen LogP contribution is 2.39. The molecule has 0 amide bonds. The Morgan fingerprint density at radius 2 is 1.88 bits per heavy atom. The van der Waals surface area contributed by atoms with Crippen molar-refractivity contribution in [1.82, 2.24) is 0 Å². The van der Waals surface area contributed by atoms with Crippen molar-refractivity contribution in [1.29, 1.82) is 0 Å². The van der Waals surface area contributed by atoms with E-state index >= 15 is 0 Å². The van der Waals surface area contributed by atoms with E-state index in [0.717, 1.165) is 33.4 Å². The Balaban J connectivity index is 2.60. The van der Waals surface area contributed by atoms with Crippen molar-refractivity contribution in [3.63, 3.8) is 0 Å². The third-order valence-corrected chi connectivity index (χ3v) is 3.59. The smallest absolute Gasteiger partial charge is 0.122 e. The first-order valence-electron chi connectivity index (χ1n) is 5.85. The summed E-state index contributed by atoms with van der Waals surface area (Å²) in [5.41, 5.74) is 5.82. The second-order valence-electron chi connectivity index (χ2n) is 4.58. The van der Waals surface area contributed by atoms with Gasteiger partial charge < -0.3 is 15.3 Å². The third-order valence-electron chi connectivity index (χ3n) is 3.59. The Kier molecular flexibility index (Phi) is 3.22. The molecule has 0 bridgehead atoms. The largest absolute Gasteiger partial charge is 0.507 e. The van der Waals surface area contributed by atoms with Gasteiger partial charge in [-0.1, -0.05) is 6.08 Å². The summed E-state index contributed by atoms with van der Waals surface area (Å²) in [6.45, 7) is 4.00. The van der Waals surface area contributed by atoms with Crippen LogP contribution in [0.4, 0.5) is 0 Å². The fraction of sp³-hybridized carbons (Fsp3) is 0.429. The van der Waals surface area contributed by atoms with Crippen LogP contribution < -0.4 is 0 Å². The molecule has 1 aromatic carbocycles. The van der Waals surface area contributed by atoms with E-state index in [1.165, 1.54) is 0 Å². The highest BCUT2D eigenvalue weighted by atomic mass is 16.3. The predicted octanol–water partition coefficient (Wildman–Crippen LogP) is 1.48. The predicted molar refractivity (Wildman–Crippen MR) is 67.1 cm³/mol. The number of benzene rings is 1. The number of hydrogen-bond acceptors (Lipinski definition) is 3. The summed E-state index contributed by atoms with van der Waals surface area (Å²) in [7, 11) is 0. The van der Waals surface area contributed by atoms with Crippen LogP contribution in [0.25, 0.3) is 6.08 Å². The highest BCUT2D eigenvalue weighted by molar-refractivity contribution is 5.73. The number of hydrogen-bond donors (Lipinski definition) is 3. The van der Waals surface area contributed by atoms with E-state index in [2.05, 4.69) is 0 Å². The summed E-state index contributed by atoms with van der Waals surface area (Å²) in [6.07, 6.45) is 3.13. The Morgan fingerprint density at radius 3 is 2.47 bits per heavy atom. The highest BCUT2D eigenvalue weighted by Gasteiger charge is 2.22. The van der Waals surface area contributed by atoms with Crippen molar-refractivity contribution < 1.29 is 15.3 Å². The van der Waals surface area contributed by atoms with E-state index in [1.807, 2.05) is 19.9 Å². The van der Waals surface area contributed by atoms with Crippen molar-refractivity contribution >= 4 is 6.08 Å². The summed E-state index contributed by atoms with van der Waals surface area (Å²) in [4.78, 5) is 0. The number of rotatable bonds is 3. The molecule has 3 heteroatoms. The van der Waals surface area contributed by atoms with Gasteiger partial charge in [-0.3, -0.25) is 0 Å². The van der Waals surface area contributed by atoms with Crippen LogP contribution in [-0.2, 0) is 12.8 Å². The molecule has 1 aliphatic rings. The molecule has 17 heavy (non-hydrogen) atoms. The Bertz CT molecular complexity index is 487. The molecule has 0 radical (unpaired) electrons. The fourth-order valence-electron chi connectivity index (χ4n) is 2.61. The number of aromatic hydroxyl groups is 1. The van der Waals surface area contributed by atoms with Crippen LogP contribution in [0, 0.1) is 13.8 Å². The number of fused-ring (bicyclic) bond motifs is 1. The summed E-state index contributed by atoms with van der Waals surface area (Å²) in [5, 5.41) is 28.4. The van der Waals surface area contributed by atoms with Crippen molar-refractivity contribution in [3.8, 4) is 5.75 Å². The zero-order chi connectivity index (χ0) is 12.6. The standard InChI is InChI=1S/C14H18O3/c1-8-11(3-4-15)9(2)14(17)13-6-10(7-16)5-12(8)13/h5,15-17H,3-4,6-7H2,1-2H3. The van der Waals surface area contributed by atoms with Crippen LogP contribution in [0.5, 0.6) is 5.75 Å². The number of aliphatic hydroxyl groups excluding tert-OH is 2. The van der Waals surface area contributed by atoms with E-state index in [1.54, 1.807) is 0 Å². The quantitative estimate of drug-likeness (QED) is 0.742. The van der Waals surface area contributed by atoms with Gasteiger partial charge in [0.05, 0.1) is 6.61 Å². The van der Waals surface area contributed by atoms with Crippen LogP contribution >= 0.6 is 0 Å². The van der Waals surface area contributed by atoms with Crippen LogP contribution in [0.2, 0.25) is 0 Å². The summed E-state index contributed by atoms with van der Waals surface area (Å²) < 4.78 is 0. The third kappa shape index (κ3) is 1.85. The molecule has 1 aliphatic carbocycles. The first-order chi connectivity index (χ1) is 8.10. The van der Waals surface area contributed by atoms with E-state index in [-0.39, 0.29) is 13.2 Å². The average molecular weight is 234 g/mol. The van der Waals surface area contributed by atoms with E-state index in [9.17, 15) is 10.2 Å². The van der Waals surface area contributed by atoms with E-state index in [0.29, 0.717) is 18.6 Å². The minimum atomic E-state index is 0.0297. The first-order valence-corrected chi connectivity index (χ1v) is 5.85. The molecule has 0 unspecified atom stereocenters.